The van der Waals surface area contributed by atoms with Crippen LogP contribution in [0.2, 0.25) is 10.0 Å². The Hall–Kier alpha value is -2.58. The molecule has 2 saturated heterocycles. The molecule has 34 heavy (non-hydrogen) atoms. The largest absolute Gasteiger partial charge is 0.465 e. The minimum Gasteiger partial charge on any atom is -0.465 e. The fraction of sp³-hybridized carbons (Fsp3) is 0.458. The second kappa shape index (κ2) is 10.4. The van der Waals surface area contributed by atoms with Crippen molar-refractivity contribution in [3.05, 3.63) is 58.0 Å². The second-order valence-electron chi connectivity index (χ2n) is 8.76. The van der Waals surface area contributed by atoms with Crippen LogP contribution in [0.15, 0.2) is 36.5 Å². The molecule has 1 N–H and O–H groups in total. The normalized spacial score (nSPS) is 21.1. The zero-order valence-electron chi connectivity index (χ0n) is 18.8. The number of aromatic nitrogens is 1. The van der Waals surface area contributed by atoms with E-state index in [9.17, 15) is 19.1 Å². The van der Waals surface area contributed by atoms with E-state index in [4.69, 9.17) is 23.2 Å². The summed E-state index contributed by atoms with van der Waals surface area (Å²) in [5.74, 6) is -0.173. The number of hydrogen-bond acceptors (Lipinski definition) is 4. The Bertz CT molecular complexity index is 1050. The first-order valence-electron chi connectivity index (χ1n) is 11.4. The number of rotatable bonds is 5. The summed E-state index contributed by atoms with van der Waals surface area (Å²) in [6.45, 7) is 4.06. The lowest BCUT2D eigenvalue weighted by molar-refractivity contribution is -0.135. The summed E-state index contributed by atoms with van der Waals surface area (Å²) in [6, 6.07) is 7.76. The zero-order valence-corrected chi connectivity index (χ0v) is 20.3. The molecule has 10 heteroatoms. The van der Waals surface area contributed by atoms with Gasteiger partial charge in [-0.2, -0.15) is 0 Å². The molecular weight excluding hydrogens is 482 g/mol. The molecule has 182 valence electrons. The highest BCUT2D eigenvalue weighted by Gasteiger charge is 2.42. The monoisotopic (exact) mass is 508 g/mol. The highest BCUT2D eigenvalue weighted by atomic mass is 35.5. The Balaban J connectivity index is 1.48. The van der Waals surface area contributed by atoms with E-state index in [2.05, 4.69) is 9.88 Å². The molecule has 2 fully saturated rings. The Kier molecular flexibility index (Phi) is 7.48. The van der Waals surface area contributed by atoms with E-state index >= 15 is 0 Å². The molecule has 2 aliphatic rings. The number of likely N-dealkylation sites (tertiary alicyclic amines) is 1. The van der Waals surface area contributed by atoms with Crippen molar-refractivity contribution in [2.75, 3.05) is 37.6 Å². The molecule has 0 spiro atoms. The van der Waals surface area contributed by atoms with Crippen LogP contribution in [0.1, 0.15) is 31.2 Å². The van der Waals surface area contributed by atoms with Crippen LogP contribution in [0.4, 0.5) is 15.0 Å². The van der Waals surface area contributed by atoms with Gasteiger partial charge >= 0.3 is 6.09 Å². The molecule has 0 bridgehead atoms. The average molecular weight is 509 g/mol. The first kappa shape index (κ1) is 24.5. The van der Waals surface area contributed by atoms with Gasteiger partial charge in [-0.3, -0.25) is 4.79 Å². The lowest BCUT2D eigenvalue weighted by Gasteiger charge is -2.34. The molecule has 0 radical (unpaired) electrons. The van der Waals surface area contributed by atoms with Gasteiger partial charge in [0.15, 0.2) is 0 Å². The van der Waals surface area contributed by atoms with Crippen LogP contribution < -0.4 is 4.90 Å². The van der Waals surface area contributed by atoms with Crippen LogP contribution in [-0.2, 0) is 4.79 Å². The van der Waals surface area contributed by atoms with E-state index in [-0.39, 0.29) is 35.9 Å². The number of pyridine rings is 1. The van der Waals surface area contributed by atoms with Crippen molar-refractivity contribution >= 4 is 41.0 Å². The van der Waals surface area contributed by atoms with Gasteiger partial charge in [0, 0.05) is 50.8 Å². The molecule has 0 saturated carbocycles. The van der Waals surface area contributed by atoms with E-state index in [0.717, 1.165) is 5.82 Å². The number of carboxylic acid groups (broad SMARTS) is 1. The highest BCUT2D eigenvalue weighted by molar-refractivity contribution is 6.30. The number of hydrogen-bond donors (Lipinski definition) is 1. The molecule has 3 heterocycles. The first-order chi connectivity index (χ1) is 16.3. The molecule has 2 aliphatic heterocycles. The third-order valence-electron chi connectivity index (χ3n) is 6.84. The van der Waals surface area contributed by atoms with Crippen molar-refractivity contribution in [2.24, 2.45) is 5.92 Å². The Labute approximate surface area is 208 Å². The smallest absolute Gasteiger partial charge is 0.407 e. The molecule has 7 nitrogen and oxygen atoms in total. The van der Waals surface area contributed by atoms with E-state index in [1.165, 1.54) is 17.0 Å². The van der Waals surface area contributed by atoms with E-state index in [0.29, 0.717) is 43.1 Å². The van der Waals surface area contributed by atoms with Crippen molar-refractivity contribution in [3.8, 4) is 0 Å². The van der Waals surface area contributed by atoms with Crippen molar-refractivity contribution in [1.82, 2.24) is 14.8 Å². The third kappa shape index (κ3) is 5.08. The maximum absolute atomic E-state index is 14.2. The fourth-order valence-electron chi connectivity index (χ4n) is 5.03. The van der Waals surface area contributed by atoms with Gasteiger partial charge < -0.3 is 19.8 Å². The molecule has 0 aliphatic carbocycles. The topological polar surface area (TPSA) is 77.0 Å². The summed E-state index contributed by atoms with van der Waals surface area (Å²) in [5.41, 5.74) is 0.644. The molecule has 2 amide bonds. The number of amides is 2. The van der Waals surface area contributed by atoms with Gasteiger partial charge in [0.2, 0.25) is 5.91 Å². The molecule has 0 unspecified atom stereocenters. The third-order valence-corrected chi connectivity index (χ3v) is 7.37. The SMILES string of the molecule is CCN(C(=O)O)[C@@H]1CN(C(=O)C2CCN(c3ccc(Cl)cn3)CC2)C[C@H]1c1ccc(Cl)c(F)c1. The van der Waals surface area contributed by atoms with Gasteiger partial charge in [0.25, 0.3) is 0 Å². The molecule has 1 aromatic heterocycles. The fourth-order valence-corrected chi connectivity index (χ4v) is 5.26. The number of likely N-dealkylation sites (N-methyl/N-ethyl adjacent to an activating group) is 1. The summed E-state index contributed by atoms with van der Waals surface area (Å²) in [7, 11) is 0. The molecular formula is C24H27Cl2FN4O3. The first-order valence-corrected chi connectivity index (χ1v) is 12.1. The van der Waals surface area contributed by atoms with Crippen molar-refractivity contribution in [2.45, 2.75) is 31.7 Å². The van der Waals surface area contributed by atoms with Crippen molar-refractivity contribution in [1.29, 1.82) is 0 Å². The summed E-state index contributed by atoms with van der Waals surface area (Å²) < 4.78 is 14.2. The van der Waals surface area contributed by atoms with Crippen LogP contribution in [0, 0.1) is 11.7 Å². The van der Waals surface area contributed by atoms with Crippen molar-refractivity contribution in [3.63, 3.8) is 0 Å². The van der Waals surface area contributed by atoms with Crippen LogP contribution in [-0.4, -0.2) is 70.7 Å². The predicted molar refractivity (Wildman–Crippen MR) is 129 cm³/mol. The van der Waals surface area contributed by atoms with Gasteiger partial charge in [-0.1, -0.05) is 29.3 Å². The van der Waals surface area contributed by atoms with Gasteiger partial charge in [0.05, 0.1) is 16.1 Å². The number of benzene rings is 1. The van der Waals surface area contributed by atoms with Gasteiger partial charge in [-0.25, -0.2) is 14.2 Å². The van der Waals surface area contributed by atoms with Crippen molar-refractivity contribution < 1.29 is 19.1 Å². The van der Waals surface area contributed by atoms with Gasteiger partial charge in [-0.05, 0) is 49.6 Å². The Morgan fingerprint density at radius 1 is 1.18 bits per heavy atom. The summed E-state index contributed by atoms with van der Waals surface area (Å²) in [5, 5.41) is 10.3. The minimum atomic E-state index is -1.05. The van der Waals surface area contributed by atoms with E-state index in [1.54, 1.807) is 30.2 Å². The predicted octanol–water partition coefficient (Wildman–Crippen LogP) is 4.74. The summed E-state index contributed by atoms with van der Waals surface area (Å²) in [6.07, 6.45) is 1.92. The lowest BCUT2D eigenvalue weighted by atomic mass is 9.93. The molecule has 2 atom stereocenters. The Morgan fingerprint density at radius 3 is 2.50 bits per heavy atom. The van der Waals surface area contributed by atoms with Gasteiger partial charge in [-0.15, -0.1) is 0 Å². The molecule has 4 rings (SSSR count). The standard InChI is InChI=1S/C24H27Cl2FN4O3/c1-2-31(24(33)34)21-14-30(13-18(21)16-3-5-19(26)20(27)11-16)23(32)15-7-9-29(10-8-15)22-6-4-17(25)12-28-22/h3-6,11-12,15,18,21H,2,7-10,13-14H2,1H3,(H,33,34)/t18-,21+/m0/s1. The minimum absolute atomic E-state index is 0.0127. The van der Waals surface area contributed by atoms with Crippen LogP contribution in [0.5, 0.6) is 0 Å². The number of carbonyl (C=O) groups is 2. The quantitative estimate of drug-likeness (QED) is 0.631. The molecule has 1 aromatic carbocycles. The van der Waals surface area contributed by atoms with E-state index in [1.807, 2.05) is 6.07 Å². The highest BCUT2D eigenvalue weighted by Crippen LogP contribution is 2.35. The van der Waals surface area contributed by atoms with E-state index < -0.39 is 18.0 Å². The second-order valence-corrected chi connectivity index (χ2v) is 9.60. The van der Waals surface area contributed by atoms with Crippen LogP contribution >= 0.6 is 23.2 Å². The number of nitrogens with zero attached hydrogens (tertiary/aromatic N) is 4. The Morgan fingerprint density at radius 2 is 1.91 bits per heavy atom. The maximum atomic E-state index is 14.2. The number of carbonyl (C=O) groups excluding carboxylic acids is 1. The number of anilines is 1. The van der Waals surface area contributed by atoms with Gasteiger partial charge in [0.1, 0.15) is 11.6 Å². The number of halogens is 3. The van der Waals surface area contributed by atoms with Crippen LogP contribution in [0.25, 0.3) is 0 Å². The lowest BCUT2D eigenvalue weighted by Crippen LogP contribution is -2.45. The number of piperidine rings is 1. The average Bonchev–Trinajstić information content (AvgIpc) is 3.26. The summed E-state index contributed by atoms with van der Waals surface area (Å²) in [4.78, 5) is 34.9. The van der Waals surface area contributed by atoms with Crippen LogP contribution in [0.3, 0.4) is 0 Å². The zero-order chi connectivity index (χ0) is 24.4. The maximum Gasteiger partial charge on any atom is 0.407 e. The summed E-state index contributed by atoms with van der Waals surface area (Å²) >= 11 is 11.8. The molecule has 2 aromatic rings.